The molecule has 1 amide bonds. The first-order chi connectivity index (χ1) is 45.2. The standard InChI is InChI=1S/C53H88N4O38/c1-16(65)57(8-17-7-56(55-54-17)6-4-2-3-5-25(66)67)47-34(76)28(70)41(19(10-59)83-47)90-49-36(78)30(72)43(21(12-61)85-49)92-51-38(80)32(74)45(23(14-63)87-51)94-53-40(82)33(75)46(24(15-64)89-53)95-52-39(81)31(73)44(22(13-62)88-52)93-50-37(79)29(71)42(20(11-60)86-50)91-48-35(77)27(69)26(68)18(9-58)84-48/h7,18-24,26-53,58-64,68-82H,2-6,8-15H2,1H3,(H,66,67)/t18-,19-,20-,21-,22-,23-,24-,26-,27+,28-,29-,30-,31-,32-,33-,34-,35-,36-,37-,38-,39-,40-,41-,42-,43-,44-,45-,46-,47-,48-,49-,50-,51-,52-,53-/m1/s1. The molecule has 0 radical (unpaired) electrons. The van der Waals surface area contributed by atoms with Crippen LogP contribution >= 0.6 is 0 Å². The van der Waals surface area contributed by atoms with Gasteiger partial charge in [0.15, 0.2) is 44.0 Å². The van der Waals surface area contributed by atoms with Gasteiger partial charge in [-0.15, -0.1) is 5.10 Å². The molecule has 7 fully saturated rings. The van der Waals surface area contributed by atoms with Crippen LogP contribution in [0.25, 0.3) is 0 Å². The van der Waals surface area contributed by atoms with Gasteiger partial charge in [-0.2, -0.15) is 0 Å². The van der Waals surface area contributed by atoms with Crippen molar-refractivity contribution in [2.24, 2.45) is 0 Å². The highest BCUT2D eigenvalue weighted by Gasteiger charge is 2.59. The lowest BCUT2D eigenvalue weighted by Gasteiger charge is -2.50. The molecular formula is C53H88N4O38. The van der Waals surface area contributed by atoms with E-state index in [4.69, 9.17) is 66.7 Å². The lowest BCUT2D eigenvalue weighted by Crippen LogP contribution is -2.68. The summed E-state index contributed by atoms with van der Waals surface area (Å²) in [6.45, 7) is -5.88. The summed E-state index contributed by atoms with van der Waals surface area (Å²) in [6, 6.07) is 0. The summed E-state index contributed by atoms with van der Waals surface area (Å²) >= 11 is 0. The molecule has 42 heteroatoms. The van der Waals surface area contributed by atoms with E-state index >= 15 is 0 Å². The second-order valence-electron chi connectivity index (χ2n) is 23.9. The van der Waals surface area contributed by atoms with Crippen LogP contribution in [0.15, 0.2) is 6.20 Å². The topological polar surface area (TPSA) is 653 Å². The van der Waals surface area contributed by atoms with Gasteiger partial charge in [-0.05, 0) is 12.8 Å². The molecule has 8 rings (SSSR count). The third kappa shape index (κ3) is 17.2. The molecule has 7 saturated heterocycles. The number of rotatable bonds is 28. The SMILES string of the molecule is CC(=O)N(Cc1cn(CCCCCC(=O)O)nn1)[C@@H]1O[C@H](CO)[C@@H](O[C@H]2O[C@H](CO)[C@@H](O[C@H]3O[C@H](CO)[C@@H](O[C@H]4O[C@H](CO)[C@@H](O[C@H]5O[C@H](CO)[C@@H](O[C@H]6O[C@H](CO)[C@@H](O[C@H]7O[C@H](CO)[C@@H](O)[C@H](O)[C@H]7O)[C@H](O)[C@H]6O)[C@H](O)[C@H]5O)[C@H](O)[C@H]4O)[C@H](O)[C@H]3O)[C@H](O)[C@H]2O)[C@H](O)[C@H]1O. The van der Waals surface area contributed by atoms with E-state index in [1.165, 1.54) is 10.9 Å². The zero-order valence-corrected chi connectivity index (χ0v) is 50.7. The molecule has 95 heavy (non-hydrogen) atoms. The van der Waals surface area contributed by atoms with Crippen molar-refractivity contribution in [1.29, 1.82) is 0 Å². The normalized spacial score (nSPS) is 45.9. The number of aliphatic hydroxyl groups is 22. The minimum atomic E-state index is -2.26. The monoisotopic (exact) mass is 1390 g/mol. The van der Waals surface area contributed by atoms with E-state index in [0.29, 0.717) is 25.8 Å². The summed E-state index contributed by atoms with van der Waals surface area (Å²) in [6.07, 6.45) is -65.3. The lowest BCUT2D eigenvalue weighted by molar-refractivity contribution is -0.397. The Balaban J connectivity index is 0.842. The Morgan fingerprint density at radius 2 is 0.695 bits per heavy atom. The van der Waals surface area contributed by atoms with Gasteiger partial charge < -0.3 is 184 Å². The summed E-state index contributed by atoms with van der Waals surface area (Å²) in [4.78, 5) is 24.7. The molecule has 0 unspecified atom stereocenters. The minimum absolute atomic E-state index is 0.0000691. The highest BCUT2D eigenvalue weighted by atomic mass is 16.8. The van der Waals surface area contributed by atoms with E-state index in [0.717, 1.165) is 11.8 Å². The minimum Gasteiger partial charge on any atom is -0.481 e. The van der Waals surface area contributed by atoms with E-state index in [9.17, 15) is 122 Å². The average molecular weight is 1390 g/mol. The molecule has 0 saturated carbocycles. The van der Waals surface area contributed by atoms with Crippen LogP contribution in [0.1, 0.15) is 38.3 Å². The van der Waals surface area contributed by atoms with Crippen LogP contribution < -0.4 is 0 Å². The van der Waals surface area contributed by atoms with Crippen molar-refractivity contribution in [3.8, 4) is 0 Å². The van der Waals surface area contributed by atoms with Crippen LogP contribution in [0.4, 0.5) is 0 Å². The predicted molar refractivity (Wildman–Crippen MR) is 292 cm³/mol. The van der Waals surface area contributed by atoms with Gasteiger partial charge in [0.1, 0.15) is 177 Å². The van der Waals surface area contributed by atoms with Crippen molar-refractivity contribution in [2.75, 3.05) is 46.2 Å². The van der Waals surface area contributed by atoms with Gasteiger partial charge in [-0.25, -0.2) is 0 Å². The number of carboxylic acids is 1. The van der Waals surface area contributed by atoms with E-state index in [1.54, 1.807) is 0 Å². The van der Waals surface area contributed by atoms with Gasteiger partial charge in [0, 0.05) is 19.9 Å². The third-order valence-electron chi connectivity index (χ3n) is 17.4. The first-order valence-corrected chi connectivity index (χ1v) is 30.5. The maximum Gasteiger partial charge on any atom is 0.303 e. The summed E-state index contributed by atoms with van der Waals surface area (Å²) < 4.78 is 75.1. The Morgan fingerprint density at radius 1 is 0.400 bits per heavy atom. The summed E-state index contributed by atoms with van der Waals surface area (Å²) in [7, 11) is 0. The first kappa shape index (κ1) is 77.4. The van der Waals surface area contributed by atoms with Crippen molar-refractivity contribution in [3.05, 3.63) is 11.9 Å². The van der Waals surface area contributed by atoms with Crippen molar-refractivity contribution in [2.45, 2.75) is 261 Å². The number of unbranched alkanes of at least 4 members (excludes halogenated alkanes) is 2. The average Bonchev–Trinajstić information content (AvgIpc) is 0.956. The van der Waals surface area contributed by atoms with Crippen molar-refractivity contribution in [3.63, 3.8) is 0 Å². The molecule has 7 aliphatic heterocycles. The number of hydrogen-bond donors (Lipinski definition) is 23. The van der Waals surface area contributed by atoms with Gasteiger partial charge in [0.2, 0.25) is 5.91 Å². The van der Waals surface area contributed by atoms with Crippen LogP contribution in [0.2, 0.25) is 0 Å². The fourth-order valence-corrected chi connectivity index (χ4v) is 12.1. The molecule has 0 aromatic carbocycles. The van der Waals surface area contributed by atoms with E-state index in [-0.39, 0.29) is 18.7 Å². The Morgan fingerprint density at radius 3 is 1.00 bits per heavy atom. The Kier molecular flexibility index (Phi) is 28.0. The number of aliphatic hydroxyl groups excluding tert-OH is 22. The number of carbonyl (C=O) groups is 2. The van der Waals surface area contributed by atoms with Crippen LogP contribution in [0.3, 0.4) is 0 Å². The summed E-state index contributed by atoms with van der Waals surface area (Å²) in [5, 5.41) is 255. The summed E-state index contributed by atoms with van der Waals surface area (Å²) in [5.74, 6) is -1.60. The molecule has 0 aliphatic carbocycles. The van der Waals surface area contributed by atoms with Gasteiger partial charge in [0.25, 0.3) is 0 Å². The fourth-order valence-electron chi connectivity index (χ4n) is 12.1. The molecule has 1 aromatic heterocycles. The number of aliphatic carboxylic acids is 1. The number of carboxylic acid groups (broad SMARTS) is 1. The number of aryl methyl sites for hydroxylation is 1. The molecule has 35 atom stereocenters. The Labute approximate surface area is 538 Å². The van der Waals surface area contributed by atoms with E-state index in [1.807, 2.05) is 0 Å². The van der Waals surface area contributed by atoms with Crippen LogP contribution in [0.5, 0.6) is 0 Å². The molecule has 548 valence electrons. The predicted octanol–water partition coefficient (Wildman–Crippen LogP) is -15.0. The number of ether oxygens (including phenoxy) is 13. The highest BCUT2D eigenvalue weighted by molar-refractivity contribution is 5.73. The summed E-state index contributed by atoms with van der Waals surface area (Å²) in [5.41, 5.74) is 0.224. The number of hydrogen-bond acceptors (Lipinski definition) is 39. The molecule has 7 aliphatic rings. The van der Waals surface area contributed by atoms with Crippen molar-refractivity contribution in [1.82, 2.24) is 19.9 Å². The number of amides is 1. The molecule has 0 spiro atoms. The quantitative estimate of drug-likeness (QED) is 0.0346. The van der Waals surface area contributed by atoms with Gasteiger partial charge >= 0.3 is 5.97 Å². The van der Waals surface area contributed by atoms with Gasteiger partial charge in [0.05, 0.1) is 59.0 Å². The number of carbonyl (C=O) groups excluding carboxylic acids is 1. The van der Waals surface area contributed by atoms with Crippen molar-refractivity contribution < 1.29 is 189 Å². The molecular weight excluding hydrogens is 1300 g/mol. The zero-order chi connectivity index (χ0) is 69.6. The maximum atomic E-state index is 12.9. The maximum absolute atomic E-state index is 12.9. The first-order valence-electron chi connectivity index (χ1n) is 30.5. The van der Waals surface area contributed by atoms with Crippen LogP contribution in [-0.4, -0.2) is 410 Å². The second kappa shape index (κ2) is 34.4. The number of nitrogens with zero attached hydrogens (tertiary/aromatic N) is 4. The molecule has 42 nitrogen and oxygen atoms in total. The third-order valence-corrected chi connectivity index (χ3v) is 17.4. The molecule has 23 N–H and O–H groups in total. The van der Waals surface area contributed by atoms with Crippen LogP contribution in [-0.2, 0) is 84.3 Å². The Hall–Kier alpha value is -3.32. The van der Waals surface area contributed by atoms with Gasteiger partial charge in [-0.1, -0.05) is 11.6 Å². The van der Waals surface area contributed by atoms with Crippen LogP contribution in [0, 0.1) is 0 Å². The smallest absolute Gasteiger partial charge is 0.303 e. The van der Waals surface area contributed by atoms with E-state index < -0.39 is 273 Å². The molecule has 1 aromatic rings. The second-order valence-corrected chi connectivity index (χ2v) is 23.9. The fraction of sp³-hybridized carbons (Fsp3) is 0.925. The van der Waals surface area contributed by atoms with Gasteiger partial charge in [-0.3, -0.25) is 14.3 Å². The highest BCUT2D eigenvalue weighted by Crippen LogP contribution is 2.38. The van der Waals surface area contributed by atoms with E-state index in [2.05, 4.69) is 10.3 Å². The Bertz CT molecular complexity index is 2510. The number of aromatic nitrogens is 3. The largest absolute Gasteiger partial charge is 0.481 e. The zero-order valence-electron chi connectivity index (χ0n) is 50.7. The molecule has 8 heterocycles. The molecule has 0 bridgehead atoms. The van der Waals surface area contributed by atoms with Crippen molar-refractivity contribution >= 4 is 11.9 Å². The lowest BCUT2D eigenvalue weighted by atomic mass is 9.95.